The number of hydrogen-bond donors (Lipinski definition) is 3. The smallest absolute Gasteiger partial charge is 0.255 e. The van der Waals surface area contributed by atoms with Crippen LogP contribution in [-0.4, -0.2) is 13.0 Å². The van der Waals surface area contributed by atoms with Crippen LogP contribution in [-0.2, 0) is 4.79 Å². The molecule has 0 aromatic heterocycles. The van der Waals surface area contributed by atoms with E-state index in [0.29, 0.717) is 16.3 Å². The minimum absolute atomic E-state index is 0.398. The first-order valence-corrected chi connectivity index (χ1v) is 4.57. The zero-order chi connectivity index (χ0) is 11.4. The highest BCUT2D eigenvalue weighted by atomic mass is 35.5. The van der Waals surface area contributed by atoms with Crippen molar-refractivity contribution in [3.63, 3.8) is 0 Å². The lowest BCUT2D eigenvalue weighted by molar-refractivity contribution is -0.122. The van der Waals surface area contributed by atoms with Gasteiger partial charge < -0.3 is 10.5 Å². The van der Waals surface area contributed by atoms with E-state index in [0.717, 1.165) is 0 Å². The summed E-state index contributed by atoms with van der Waals surface area (Å²) in [5.41, 5.74) is 8.16. The van der Waals surface area contributed by atoms with Crippen LogP contribution in [0.15, 0.2) is 18.2 Å². The molecule has 1 unspecified atom stereocenters. The van der Waals surface area contributed by atoms with E-state index < -0.39 is 11.9 Å². The Labute approximate surface area is 92.3 Å². The van der Waals surface area contributed by atoms with E-state index in [9.17, 15) is 4.79 Å². The van der Waals surface area contributed by atoms with Gasteiger partial charge in [-0.15, -0.1) is 0 Å². The Kier molecular flexibility index (Phi) is 3.90. The number of nitrogens with two attached hydrogens (primary N) is 2. The molecule has 1 aromatic rings. The highest BCUT2D eigenvalue weighted by molar-refractivity contribution is 6.32. The maximum Gasteiger partial charge on any atom is 0.255 e. The summed E-state index contributed by atoms with van der Waals surface area (Å²) in [5.74, 6) is 5.02. The van der Waals surface area contributed by atoms with E-state index in [2.05, 4.69) is 0 Å². The van der Waals surface area contributed by atoms with Crippen LogP contribution >= 0.6 is 11.6 Å². The van der Waals surface area contributed by atoms with E-state index in [-0.39, 0.29) is 0 Å². The summed E-state index contributed by atoms with van der Waals surface area (Å²) >= 11 is 5.88. The van der Waals surface area contributed by atoms with Crippen molar-refractivity contribution in [3.8, 4) is 5.75 Å². The van der Waals surface area contributed by atoms with E-state index in [4.69, 9.17) is 27.9 Å². The molecule has 0 aliphatic carbocycles. The topological polar surface area (TPSA) is 90.4 Å². The van der Waals surface area contributed by atoms with Gasteiger partial charge in [-0.1, -0.05) is 17.7 Å². The molecule has 1 aromatic carbocycles. The molecule has 0 spiro atoms. The summed E-state index contributed by atoms with van der Waals surface area (Å²) in [5, 5.41) is 0.398. The highest BCUT2D eigenvalue weighted by Gasteiger charge is 2.15. The molecule has 0 aliphatic rings. The van der Waals surface area contributed by atoms with Gasteiger partial charge in [0.2, 0.25) is 0 Å². The average molecular weight is 230 g/mol. The number of carbonyl (C=O) groups is 1. The van der Waals surface area contributed by atoms with Crippen molar-refractivity contribution in [2.24, 2.45) is 11.6 Å². The van der Waals surface area contributed by atoms with Crippen molar-refractivity contribution < 1.29 is 9.53 Å². The summed E-state index contributed by atoms with van der Waals surface area (Å²) < 4.78 is 4.97. The number of hydrogen-bond acceptors (Lipinski definition) is 4. The molecular formula is C9H12ClN3O2. The van der Waals surface area contributed by atoms with E-state index in [1.807, 2.05) is 5.43 Å². The van der Waals surface area contributed by atoms with Crippen LogP contribution in [0.3, 0.4) is 0 Å². The predicted molar refractivity (Wildman–Crippen MR) is 57.3 cm³/mol. The SMILES string of the molecule is COc1ccc(C(N)C(=O)NN)cc1Cl. The van der Waals surface area contributed by atoms with Gasteiger partial charge in [0.1, 0.15) is 11.8 Å². The van der Waals surface area contributed by atoms with Gasteiger partial charge in [0, 0.05) is 0 Å². The van der Waals surface area contributed by atoms with Crippen LogP contribution in [0.4, 0.5) is 0 Å². The molecule has 0 aliphatic heterocycles. The zero-order valence-corrected chi connectivity index (χ0v) is 8.91. The molecule has 0 saturated carbocycles. The summed E-state index contributed by atoms with van der Waals surface area (Å²) in [6.45, 7) is 0. The molecule has 5 N–H and O–H groups in total. The second-order valence-corrected chi connectivity index (χ2v) is 3.29. The lowest BCUT2D eigenvalue weighted by Crippen LogP contribution is -2.38. The van der Waals surface area contributed by atoms with Crippen LogP contribution in [0.25, 0.3) is 0 Å². The molecule has 0 radical (unpaired) electrons. The Morgan fingerprint density at radius 1 is 1.60 bits per heavy atom. The molecular weight excluding hydrogens is 218 g/mol. The number of halogens is 1. The van der Waals surface area contributed by atoms with Gasteiger partial charge in [0.25, 0.3) is 5.91 Å². The first-order chi connectivity index (χ1) is 7.10. The van der Waals surface area contributed by atoms with Crippen molar-refractivity contribution in [1.29, 1.82) is 0 Å². The van der Waals surface area contributed by atoms with Crippen molar-refractivity contribution in [2.45, 2.75) is 6.04 Å². The van der Waals surface area contributed by atoms with Crippen LogP contribution in [0.5, 0.6) is 5.75 Å². The van der Waals surface area contributed by atoms with Gasteiger partial charge >= 0.3 is 0 Å². The monoisotopic (exact) mass is 229 g/mol. The Hall–Kier alpha value is -1.30. The number of benzene rings is 1. The second-order valence-electron chi connectivity index (χ2n) is 2.88. The van der Waals surface area contributed by atoms with E-state index >= 15 is 0 Å². The van der Waals surface area contributed by atoms with Crippen molar-refractivity contribution in [2.75, 3.05) is 7.11 Å². The summed E-state index contributed by atoms with van der Waals surface area (Å²) in [4.78, 5) is 11.1. The number of rotatable bonds is 3. The maximum atomic E-state index is 11.1. The molecule has 0 fully saturated rings. The molecule has 5 nitrogen and oxygen atoms in total. The Balaban J connectivity index is 2.97. The first-order valence-electron chi connectivity index (χ1n) is 4.19. The Morgan fingerprint density at radius 3 is 2.73 bits per heavy atom. The number of amides is 1. The number of carbonyl (C=O) groups excluding carboxylic acids is 1. The minimum Gasteiger partial charge on any atom is -0.495 e. The molecule has 82 valence electrons. The predicted octanol–water partition coefficient (Wildman–Crippen LogP) is 0.338. The van der Waals surface area contributed by atoms with Gasteiger partial charge in [-0.2, -0.15) is 0 Å². The van der Waals surface area contributed by atoms with Gasteiger partial charge in [-0.25, -0.2) is 5.84 Å². The van der Waals surface area contributed by atoms with Crippen LogP contribution in [0.1, 0.15) is 11.6 Å². The Bertz CT molecular complexity index is 370. The van der Waals surface area contributed by atoms with Crippen LogP contribution in [0.2, 0.25) is 5.02 Å². The van der Waals surface area contributed by atoms with E-state index in [1.54, 1.807) is 18.2 Å². The lowest BCUT2D eigenvalue weighted by Gasteiger charge is -2.11. The quantitative estimate of drug-likeness (QED) is 0.396. The molecule has 1 rings (SSSR count). The van der Waals surface area contributed by atoms with Gasteiger partial charge in [-0.05, 0) is 17.7 Å². The third-order valence-electron chi connectivity index (χ3n) is 1.96. The summed E-state index contributed by atoms with van der Waals surface area (Å²) in [6, 6.07) is 4.03. The molecule has 0 heterocycles. The second kappa shape index (κ2) is 4.97. The Morgan fingerprint density at radius 2 is 2.27 bits per heavy atom. The van der Waals surface area contributed by atoms with Crippen molar-refractivity contribution in [3.05, 3.63) is 28.8 Å². The lowest BCUT2D eigenvalue weighted by atomic mass is 10.1. The normalized spacial score (nSPS) is 12.0. The van der Waals surface area contributed by atoms with Gasteiger partial charge in [0.15, 0.2) is 0 Å². The van der Waals surface area contributed by atoms with Crippen LogP contribution < -0.4 is 21.7 Å². The minimum atomic E-state index is -0.835. The molecule has 0 bridgehead atoms. The molecule has 15 heavy (non-hydrogen) atoms. The fourth-order valence-electron chi connectivity index (χ4n) is 1.12. The number of ether oxygens (including phenoxy) is 1. The van der Waals surface area contributed by atoms with E-state index in [1.165, 1.54) is 7.11 Å². The fourth-order valence-corrected chi connectivity index (χ4v) is 1.38. The molecule has 1 atom stereocenters. The average Bonchev–Trinajstić information content (AvgIpc) is 2.26. The maximum absolute atomic E-state index is 11.1. The fraction of sp³-hybridized carbons (Fsp3) is 0.222. The first kappa shape index (κ1) is 11.8. The largest absolute Gasteiger partial charge is 0.495 e. The molecule has 0 saturated heterocycles. The summed E-state index contributed by atoms with van der Waals surface area (Å²) in [7, 11) is 1.51. The summed E-state index contributed by atoms with van der Waals surface area (Å²) in [6.07, 6.45) is 0. The number of methoxy groups -OCH3 is 1. The zero-order valence-electron chi connectivity index (χ0n) is 8.16. The molecule has 6 heteroatoms. The number of hydrazine groups is 1. The van der Waals surface area contributed by atoms with Crippen LogP contribution in [0, 0.1) is 0 Å². The standard InChI is InChI=1S/C9H12ClN3O2/c1-15-7-3-2-5(4-6(7)10)8(11)9(14)13-12/h2-4,8H,11-12H2,1H3,(H,13,14). The highest BCUT2D eigenvalue weighted by Crippen LogP contribution is 2.26. The third-order valence-corrected chi connectivity index (χ3v) is 2.26. The number of nitrogens with one attached hydrogen (secondary N) is 1. The van der Waals surface area contributed by atoms with Crippen molar-refractivity contribution >= 4 is 17.5 Å². The third kappa shape index (κ3) is 2.59. The molecule has 1 amide bonds. The van der Waals surface area contributed by atoms with Crippen molar-refractivity contribution in [1.82, 2.24) is 5.43 Å². The van der Waals surface area contributed by atoms with Gasteiger partial charge in [-0.3, -0.25) is 10.2 Å². The van der Waals surface area contributed by atoms with Gasteiger partial charge in [0.05, 0.1) is 12.1 Å².